The zero-order chi connectivity index (χ0) is 13.3. The third-order valence-electron chi connectivity index (χ3n) is 3.03. The highest BCUT2D eigenvalue weighted by Crippen LogP contribution is 2.02. The van der Waals surface area contributed by atoms with Gasteiger partial charge in [-0.3, -0.25) is 4.79 Å². The van der Waals surface area contributed by atoms with E-state index >= 15 is 0 Å². The van der Waals surface area contributed by atoms with E-state index in [2.05, 4.69) is 31.0 Å². The van der Waals surface area contributed by atoms with Gasteiger partial charge in [0, 0.05) is 12.6 Å². The number of hydrogen-bond donors (Lipinski definition) is 1. The van der Waals surface area contributed by atoms with Gasteiger partial charge >= 0.3 is 5.97 Å². The summed E-state index contributed by atoms with van der Waals surface area (Å²) in [5.41, 5.74) is 0. The van der Waals surface area contributed by atoms with E-state index < -0.39 is 0 Å². The molecule has 0 amide bonds. The number of nitrogens with one attached hydrogen (secondary N) is 1. The van der Waals surface area contributed by atoms with Gasteiger partial charge in [0.25, 0.3) is 0 Å². The summed E-state index contributed by atoms with van der Waals surface area (Å²) in [6, 6.07) is 0.268. The molecule has 0 aliphatic heterocycles. The molecule has 2 unspecified atom stereocenters. The first kappa shape index (κ1) is 16.4. The van der Waals surface area contributed by atoms with E-state index in [0.29, 0.717) is 19.2 Å². The standard InChI is InChI=1S/C13H28N2O2/c1-6-9-14-12(13(16)17-8-3)10-15(5)11(4)7-2/h11-12,14H,6-10H2,1-5H3. The Bertz CT molecular complexity index is 210. The van der Waals surface area contributed by atoms with Crippen LogP contribution in [0.15, 0.2) is 0 Å². The Morgan fingerprint density at radius 2 is 2.00 bits per heavy atom. The lowest BCUT2D eigenvalue weighted by atomic mass is 10.2. The van der Waals surface area contributed by atoms with Crippen molar-refractivity contribution in [3.63, 3.8) is 0 Å². The van der Waals surface area contributed by atoms with Gasteiger partial charge in [-0.2, -0.15) is 0 Å². The fraction of sp³-hybridized carbons (Fsp3) is 0.923. The maximum atomic E-state index is 11.8. The Labute approximate surface area is 106 Å². The molecule has 2 atom stereocenters. The molecule has 0 rings (SSSR count). The lowest BCUT2D eigenvalue weighted by molar-refractivity contribution is -0.146. The van der Waals surface area contributed by atoms with Crippen molar-refractivity contribution in [1.29, 1.82) is 0 Å². The Morgan fingerprint density at radius 3 is 2.47 bits per heavy atom. The van der Waals surface area contributed by atoms with Gasteiger partial charge in [-0.15, -0.1) is 0 Å². The molecule has 0 aromatic carbocycles. The molecule has 4 nitrogen and oxygen atoms in total. The molecule has 0 saturated carbocycles. The molecule has 0 heterocycles. The molecule has 1 N–H and O–H groups in total. The van der Waals surface area contributed by atoms with Gasteiger partial charge in [0.05, 0.1) is 6.61 Å². The number of rotatable bonds is 9. The first-order valence-electron chi connectivity index (χ1n) is 6.66. The third-order valence-corrected chi connectivity index (χ3v) is 3.03. The third kappa shape index (κ3) is 6.64. The normalized spacial score (nSPS) is 14.7. The Hall–Kier alpha value is -0.610. The summed E-state index contributed by atoms with van der Waals surface area (Å²) in [6.07, 6.45) is 2.10. The van der Waals surface area contributed by atoms with Crippen molar-refractivity contribution in [3.05, 3.63) is 0 Å². The van der Waals surface area contributed by atoms with E-state index in [9.17, 15) is 4.79 Å². The van der Waals surface area contributed by atoms with E-state index in [1.165, 1.54) is 0 Å². The summed E-state index contributed by atoms with van der Waals surface area (Å²) < 4.78 is 5.09. The van der Waals surface area contributed by atoms with E-state index in [4.69, 9.17) is 4.74 Å². The van der Waals surface area contributed by atoms with E-state index in [-0.39, 0.29) is 12.0 Å². The van der Waals surface area contributed by atoms with Crippen LogP contribution in [-0.4, -0.2) is 49.7 Å². The van der Waals surface area contributed by atoms with Crippen LogP contribution in [-0.2, 0) is 9.53 Å². The Kier molecular flexibility index (Phi) is 9.09. The van der Waals surface area contributed by atoms with Crippen LogP contribution in [0.2, 0.25) is 0 Å². The molecule has 0 aromatic rings. The molecular formula is C13H28N2O2. The van der Waals surface area contributed by atoms with E-state index in [0.717, 1.165) is 19.4 Å². The minimum Gasteiger partial charge on any atom is -0.465 e. The number of esters is 1. The molecule has 0 aromatic heterocycles. The zero-order valence-electron chi connectivity index (χ0n) is 12.0. The van der Waals surface area contributed by atoms with Crippen molar-refractivity contribution in [2.75, 3.05) is 26.7 Å². The highest BCUT2D eigenvalue weighted by atomic mass is 16.5. The van der Waals surface area contributed by atoms with Crippen LogP contribution < -0.4 is 5.32 Å². The van der Waals surface area contributed by atoms with Gasteiger partial charge in [-0.25, -0.2) is 0 Å². The van der Waals surface area contributed by atoms with Gasteiger partial charge in [0.2, 0.25) is 0 Å². The van der Waals surface area contributed by atoms with Crippen molar-refractivity contribution in [2.45, 2.75) is 52.6 Å². The SMILES string of the molecule is CCCNC(CN(C)C(C)CC)C(=O)OCC. The lowest BCUT2D eigenvalue weighted by Crippen LogP contribution is -2.48. The van der Waals surface area contributed by atoms with Gasteiger partial charge < -0.3 is 15.0 Å². The molecule has 17 heavy (non-hydrogen) atoms. The predicted molar refractivity (Wildman–Crippen MR) is 71.1 cm³/mol. The fourth-order valence-corrected chi connectivity index (χ4v) is 1.56. The molecule has 0 radical (unpaired) electrons. The average molecular weight is 244 g/mol. The van der Waals surface area contributed by atoms with Gasteiger partial charge in [-0.05, 0) is 40.3 Å². The summed E-state index contributed by atoms with van der Waals surface area (Å²) in [6.45, 7) is 10.2. The average Bonchev–Trinajstić information content (AvgIpc) is 2.33. The maximum absolute atomic E-state index is 11.8. The fourth-order valence-electron chi connectivity index (χ4n) is 1.56. The van der Waals surface area contributed by atoms with Crippen LogP contribution in [0, 0.1) is 0 Å². The second kappa shape index (κ2) is 9.42. The summed E-state index contributed by atoms with van der Waals surface area (Å²) >= 11 is 0. The summed E-state index contributed by atoms with van der Waals surface area (Å²) in [4.78, 5) is 14.0. The summed E-state index contributed by atoms with van der Waals surface area (Å²) in [5, 5.41) is 3.25. The van der Waals surface area contributed by atoms with Gasteiger partial charge in [-0.1, -0.05) is 13.8 Å². The number of carbonyl (C=O) groups is 1. The maximum Gasteiger partial charge on any atom is 0.324 e. The topological polar surface area (TPSA) is 41.6 Å². The zero-order valence-corrected chi connectivity index (χ0v) is 12.0. The monoisotopic (exact) mass is 244 g/mol. The number of carbonyl (C=O) groups excluding carboxylic acids is 1. The van der Waals surface area contributed by atoms with Crippen molar-refractivity contribution in [2.24, 2.45) is 0 Å². The van der Waals surface area contributed by atoms with E-state index in [1.54, 1.807) is 0 Å². The van der Waals surface area contributed by atoms with Crippen LogP contribution in [0.1, 0.15) is 40.5 Å². The Balaban J connectivity index is 4.31. The molecule has 0 fully saturated rings. The second-order valence-electron chi connectivity index (χ2n) is 4.46. The summed E-state index contributed by atoms with van der Waals surface area (Å²) in [7, 11) is 2.05. The molecule has 0 bridgehead atoms. The number of hydrogen-bond acceptors (Lipinski definition) is 4. The largest absolute Gasteiger partial charge is 0.465 e. The van der Waals surface area contributed by atoms with Crippen molar-refractivity contribution in [1.82, 2.24) is 10.2 Å². The smallest absolute Gasteiger partial charge is 0.324 e. The molecular weight excluding hydrogens is 216 g/mol. The second-order valence-corrected chi connectivity index (χ2v) is 4.46. The van der Waals surface area contributed by atoms with Crippen LogP contribution in [0.25, 0.3) is 0 Å². The van der Waals surface area contributed by atoms with Crippen molar-refractivity contribution in [3.8, 4) is 0 Å². The number of nitrogens with zero attached hydrogens (tertiary/aromatic N) is 1. The molecule has 0 saturated heterocycles. The lowest BCUT2D eigenvalue weighted by Gasteiger charge is -2.27. The van der Waals surface area contributed by atoms with Gasteiger partial charge in [0.15, 0.2) is 0 Å². The molecule has 0 aliphatic rings. The van der Waals surface area contributed by atoms with Gasteiger partial charge in [0.1, 0.15) is 6.04 Å². The first-order valence-corrected chi connectivity index (χ1v) is 6.66. The predicted octanol–water partition coefficient (Wildman–Crippen LogP) is 1.65. The summed E-state index contributed by atoms with van der Waals surface area (Å²) in [5.74, 6) is -0.142. The number of ether oxygens (including phenoxy) is 1. The highest BCUT2D eigenvalue weighted by molar-refractivity contribution is 5.76. The van der Waals surface area contributed by atoms with Crippen LogP contribution in [0.5, 0.6) is 0 Å². The minimum atomic E-state index is -0.214. The quantitative estimate of drug-likeness (QED) is 0.626. The first-order chi connectivity index (χ1) is 8.06. The minimum absolute atomic E-state index is 0.142. The Morgan fingerprint density at radius 1 is 1.35 bits per heavy atom. The van der Waals surface area contributed by atoms with E-state index in [1.807, 2.05) is 14.0 Å². The van der Waals surface area contributed by atoms with Crippen LogP contribution >= 0.6 is 0 Å². The molecule has 0 aliphatic carbocycles. The molecule has 102 valence electrons. The molecule has 0 spiro atoms. The number of likely N-dealkylation sites (N-methyl/N-ethyl adjacent to an activating group) is 1. The highest BCUT2D eigenvalue weighted by Gasteiger charge is 2.22. The molecule has 4 heteroatoms. The van der Waals surface area contributed by atoms with Crippen LogP contribution in [0.3, 0.4) is 0 Å². The van der Waals surface area contributed by atoms with Crippen molar-refractivity contribution >= 4 is 5.97 Å². The van der Waals surface area contributed by atoms with Crippen molar-refractivity contribution < 1.29 is 9.53 Å². The van der Waals surface area contributed by atoms with Crippen LogP contribution in [0.4, 0.5) is 0 Å².